The third kappa shape index (κ3) is 9.47. The van der Waals surface area contributed by atoms with Gasteiger partial charge in [0.25, 0.3) is 0 Å². The second kappa shape index (κ2) is 10.5. The van der Waals surface area contributed by atoms with Gasteiger partial charge in [0.15, 0.2) is 0 Å². The first kappa shape index (κ1) is 14.0. The van der Waals surface area contributed by atoms with Gasteiger partial charge in [-0.05, 0) is 5.92 Å². The van der Waals surface area contributed by atoms with Crippen LogP contribution in [0.3, 0.4) is 0 Å². The zero-order valence-electron chi connectivity index (χ0n) is 9.11. The molecule has 0 bridgehead atoms. The Morgan fingerprint density at radius 1 is 1.33 bits per heavy atom. The van der Waals surface area contributed by atoms with Crippen LogP contribution >= 0.6 is 0 Å². The van der Waals surface area contributed by atoms with E-state index in [-0.39, 0.29) is 5.91 Å². The third-order valence-electron chi connectivity index (χ3n) is 1.67. The summed E-state index contributed by atoms with van der Waals surface area (Å²) in [6.07, 6.45) is 1.72. The van der Waals surface area contributed by atoms with Crippen molar-refractivity contribution in [2.45, 2.75) is 47.5 Å². The summed E-state index contributed by atoms with van der Waals surface area (Å²) in [4.78, 5) is 10.7. The lowest BCUT2D eigenvalue weighted by Crippen LogP contribution is -2.27. The van der Waals surface area contributed by atoms with E-state index >= 15 is 0 Å². The van der Waals surface area contributed by atoms with Gasteiger partial charge in [-0.2, -0.15) is 0 Å². The van der Waals surface area contributed by atoms with Crippen molar-refractivity contribution < 1.29 is 4.79 Å². The Balaban J connectivity index is 0. The van der Waals surface area contributed by atoms with Crippen LogP contribution < -0.4 is 5.32 Å². The monoisotopic (exact) mass is 173 g/mol. The first-order valence-electron chi connectivity index (χ1n) is 4.97. The van der Waals surface area contributed by atoms with Crippen LogP contribution in [0.4, 0.5) is 0 Å². The van der Waals surface area contributed by atoms with E-state index in [2.05, 4.69) is 19.2 Å². The number of hydrogen-bond donors (Lipinski definition) is 1. The van der Waals surface area contributed by atoms with Crippen molar-refractivity contribution in [3.63, 3.8) is 0 Å². The molecule has 0 radical (unpaired) electrons. The molecule has 0 spiro atoms. The smallest absolute Gasteiger partial charge is 0.219 e. The van der Waals surface area contributed by atoms with E-state index in [1.165, 1.54) is 0 Å². The molecular formula is C10H23NO. The Morgan fingerprint density at radius 3 is 2.17 bits per heavy atom. The molecular weight excluding hydrogens is 150 g/mol. The molecule has 2 heteroatoms. The van der Waals surface area contributed by atoms with Crippen molar-refractivity contribution in [3.05, 3.63) is 0 Å². The minimum atomic E-state index is 0.153. The fraction of sp³-hybridized carbons (Fsp3) is 0.900. The molecule has 0 aliphatic carbocycles. The van der Waals surface area contributed by atoms with Crippen LogP contribution in [0.5, 0.6) is 0 Å². The topological polar surface area (TPSA) is 29.1 Å². The average molecular weight is 173 g/mol. The normalized spacial score (nSPS) is 11.1. The Labute approximate surface area is 76.7 Å². The molecule has 0 fully saturated rings. The molecule has 1 atom stereocenters. The summed E-state index contributed by atoms with van der Waals surface area (Å²) in [5, 5.41) is 2.84. The fourth-order valence-corrected chi connectivity index (χ4v) is 0.557. The molecule has 1 amide bonds. The molecule has 0 aromatic rings. The SMILES string of the molecule is CC.CCC(=O)NCC(C)CC. The van der Waals surface area contributed by atoms with E-state index in [4.69, 9.17) is 0 Å². The van der Waals surface area contributed by atoms with Crippen LogP contribution in [-0.4, -0.2) is 12.5 Å². The lowest BCUT2D eigenvalue weighted by Gasteiger charge is -2.08. The second-order valence-electron chi connectivity index (χ2n) is 2.67. The van der Waals surface area contributed by atoms with E-state index in [1.807, 2.05) is 20.8 Å². The summed E-state index contributed by atoms with van der Waals surface area (Å²) < 4.78 is 0. The maximum absolute atomic E-state index is 10.7. The summed E-state index contributed by atoms with van der Waals surface area (Å²) in [5.41, 5.74) is 0. The summed E-state index contributed by atoms with van der Waals surface area (Å²) in [5.74, 6) is 0.760. The van der Waals surface area contributed by atoms with Crippen LogP contribution in [0.15, 0.2) is 0 Å². The quantitative estimate of drug-likeness (QED) is 0.695. The van der Waals surface area contributed by atoms with E-state index in [1.54, 1.807) is 0 Å². The number of rotatable bonds is 4. The number of carbonyl (C=O) groups excluding carboxylic acids is 1. The number of hydrogen-bond acceptors (Lipinski definition) is 1. The lowest BCUT2D eigenvalue weighted by molar-refractivity contribution is -0.120. The predicted molar refractivity (Wildman–Crippen MR) is 54.1 cm³/mol. The molecule has 12 heavy (non-hydrogen) atoms. The van der Waals surface area contributed by atoms with Crippen LogP contribution in [0.25, 0.3) is 0 Å². The zero-order valence-corrected chi connectivity index (χ0v) is 9.11. The second-order valence-corrected chi connectivity index (χ2v) is 2.67. The Morgan fingerprint density at radius 2 is 1.83 bits per heavy atom. The number of amides is 1. The predicted octanol–water partition coefficient (Wildman–Crippen LogP) is 2.58. The van der Waals surface area contributed by atoms with Crippen LogP contribution in [0, 0.1) is 5.92 Å². The summed E-state index contributed by atoms with van der Waals surface area (Å²) in [7, 11) is 0. The molecule has 74 valence electrons. The van der Waals surface area contributed by atoms with Crippen LogP contribution in [0.1, 0.15) is 47.5 Å². The van der Waals surface area contributed by atoms with Crippen LogP contribution in [0.2, 0.25) is 0 Å². The van der Waals surface area contributed by atoms with Gasteiger partial charge in [-0.1, -0.05) is 41.0 Å². The summed E-state index contributed by atoms with van der Waals surface area (Å²) >= 11 is 0. The molecule has 1 unspecified atom stereocenters. The zero-order chi connectivity index (χ0) is 9.98. The first-order valence-corrected chi connectivity index (χ1v) is 4.97. The molecule has 2 nitrogen and oxygen atoms in total. The highest BCUT2D eigenvalue weighted by Gasteiger charge is 1.99. The Kier molecular flexibility index (Phi) is 12.2. The van der Waals surface area contributed by atoms with Gasteiger partial charge >= 0.3 is 0 Å². The number of carbonyl (C=O) groups is 1. The molecule has 0 aliphatic heterocycles. The van der Waals surface area contributed by atoms with Crippen molar-refractivity contribution in [1.29, 1.82) is 0 Å². The van der Waals surface area contributed by atoms with E-state index in [9.17, 15) is 4.79 Å². The van der Waals surface area contributed by atoms with Gasteiger partial charge in [-0.25, -0.2) is 0 Å². The van der Waals surface area contributed by atoms with Gasteiger partial charge in [0, 0.05) is 13.0 Å². The molecule has 0 saturated heterocycles. The summed E-state index contributed by atoms with van der Waals surface area (Å²) in [6, 6.07) is 0. The molecule has 0 rings (SSSR count). The largest absolute Gasteiger partial charge is 0.356 e. The van der Waals surface area contributed by atoms with Gasteiger partial charge in [0.1, 0.15) is 0 Å². The minimum absolute atomic E-state index is 0.153. The highest BCUT2D eigenvalue weighted by molar-refractivity contribution is 5.75. The first-order chi connectivity index (χ1) is 5.70. The molecule has 1 N–H and O–H groups in total. The van der Waals surface area contributed by atoms with Crippen molar-refractivity contribution >= 4 is 5.91 Å². The Bertz CT molecular complexity index is 102. The highest BCUT2D eigenvalue weighted by Crippen LogP contribution is 1.96. The van der Waals surface area contributed by atoms with Gasteiger partial charge < -0.3 is 5.32 Å². The maximum atomic E-state index is 10.7. The number of nitrogens with one attached hydrogen (secondary N) is 1. The average Bonchev–Trinajstić information content (AvgIpc) is 2.16. The van der Waals surface area contributed by atoms with E-state index < -0.39 is 0 Å². The van der Waals surface area contributed by atoms with Crippen molar-refractivity contribution in [2.75, 3.05) is 6.54 Å². The molecule has 0 aliphatic rings. The minimum Gasteiger partial charge on any atom is -0.356 e. The Hall–Kier alpha value is -0.530. The maximum Gasteiger partial charge on any atom is 0.219 e. The van der Waals surface area contributed by atoms with E-state index in [0.717, 1.165) is 13.0 Å². The van der Waals surface area contributed by atoms with Gasteiger partial charge in [-0.15, -0.1) is 0 Å². The van der Waals surface area contributed by atoms with Crippen molar-refractivity contribution in [3.8, 4) is 0 Å². The standard InChI is InChI=1S/C8H17NO.C2H6/c1-4-7(3)6-9-8(10)5-2;1-2/h7H,4-6H2,1-3H3,(H,9,10);1-2H3. The van der Waals surface area contributed by atoms with E-state index in [0.29, 0.717) is 12.3 Å². The van der Waals surface area contributed by atoms with Crippen molar-refractivity contribution in [1.82, 2.24) is 5.32 Å². The molecule has 0 aromatic heterocycles. The molecule has 0 aromatic carbocycles. The van der Waals surface area contributed by atoms with Crippen LogP contribution in [-0.2, 0) is 4.79 Å². The lowest BCUT2D eigenvalue weighted by atomic mass is 10.1. The molecule has 0 saturated carbocycles. The third-order valence-corrected chi connectivity index (χ3v) is 1.67. The fourth-order valence-electron chi connectivity index (χ4n) is 0.557. The van der Waals surface area contributed by atoms with Gasteiger partial charge in [0.2, 0.25) is 5.91 Å². The highest BCUT2D eigenvalue weighted by atomic mass is 16.1. The van der Waals surface area contributed by atoms with Gasteiger partial charge in [-0.3, -0.25) is 4.79 Å². The molecule has 0 heterocycles. The summed E-state index contributed by atoms with van der Waals surface area (Å²) in [6.45, 7) is 11.0. The van der Waals surface area contributed by atoms with Crippen molar-refractivity contribution in [2.24, 2.45) is 5.92 Å². The van der Waals surface area contributed by atoms with Gasteiger partial charge in [0.05, 0.1) is 0 Å².